The van der Waals surface area contributed by atoms with Gasteiger partial charge in [0.2, 0.25) is 5.88 Å². The minimum Gasteiger partial charge on any atom is -0.437 e. The zero-order valence-corrected chi connectivity index (χ0v) is 12.7. The fraction of sp³-hybridized carbons (Fsp3) is 0.214. The Hall–Kier alpha value is -1.50. The number of hydrogen-bond donors (Lipinski definition) is 1. The maximum atomic E-state index is 5.91. The quantitative estimate of drug-likeness (QED) is 0.734. The van der Waals surface area contributed by atoms with Gasteiger partial charge in [0.25, 0.3) is 0 Å². The second-order valence-electron chi connectivity index (χ2n) is 4.24. The number of benzene rings is 1. The van der Waals surface area contributed by atoms with Crippen LogP contribution in [0.15, 0.2) is 40.7 Å². The molecular formula is C14H15N3OS2. The Morgan fingerprint density at radius 3 is 2.85 bits per heavy atom. The lowest BCUT2D eigenvalue weighted by atomic mass is 10.3. The van der Waals surface area contributed by atoms with Crippen LogP contribution >= 0.6 is 23.1 Å². The Balaban J connectivity index is 1.92. The molecule has 0 aliphatic rings. The number of imidazole rings is 1. The molecule has 0 unspecified atom stereocenters. The van der Waals surface area contributed by atoms with Gasteiger partial charge in [-0.15, -0.1) is 23.1 Å². The lowest BCUT2D eigenvalue weighted by Gasteiger charge is -2.06. The molecule has 0 atom stereocenters. The van der Waals surface area contributed by atoms with Crippen LogP contribution in [0.2, 0.25) is 0 Å². The van der Waals surface area contributed by atoms with E-state index in [1.54, 1.807) is 23.1 Å². The van der Waals surface area contributed by atoms with Gasteiger partial charge < -0.3 is 10.5 Å². The summed E-state index contributed by atoms with van der Waals surface area (Å²) >= 11 is 3.30. The first-order valence-corrected chi connectivity index (χ1v) is 8.38. The van der Waals surface area contributed by atoms with Crippen molar-refractivity contribution in [3.05, 3.63) is 41.5 Å². The maximum Gasteiger partial charge on any atom is 0.242 e. The van der Waals surface area contributed by atoms with Crippen LogP contribution in [0.5, 0.6) is 11.6 Å². The van der Waals surface area contributed by atoms with Gasteiger partial charge in [0, 0.05) is 22.9 Å². The summed E-state index contributed by atoms with van der Waals surface area (Å²) in [5.74, 6) is 1.45. The third kappa shape index (κ3) is 2.54. The molecule has 1 aromatic carbocycles. The van der Waals surface area contributed by atoms with Crippen LogP contribution in [0.1, 0.15) is 5.69 Å². The molecule has 0 radical (unpaired) electrons. The summed E-state index contributed by atoms with van der Waals surface area (Å²) in [4.78, 5) is 6.68. The van der Waals surface area contributed by atoms with E-state index in [2.05, 4.69) is 11.2 Å². The van der Waals surface area contributed by atoms with Gasteiger partial charge in [0.05, 0.1) is 5.69 Å². The van der Waals surface area contributed by atoms with Gasteiger partial charge >= 0.3 is 0 Å². The molecule has 0 amide bonds. The van der Waals surface area contributed by atoms with Crippen LogP contribution in [-0.2, 0) is 6.42 Å². The van der Waals surface area contributed by atoms with E-state index < -0.39 is 0 Å². The molecule has 2 N–H and O–H groups in total. The normalized spacial score (nSPS) is 11.1. The molecule has 20 heavy (non-hydrogen) atoms. The molecule has 0 saturated heterocycles. The lowest BCUT2D eigenvalue weighted by Crippen LogP contribution is -2.05. The monoisotopic (exact) mass is 305 g/mol. The van der Waals surface area contributed by atoms with Gasteiger partial charge in [-0.05, 0) is 37.1 Å². The maximum absolute atomic E-state index is 5.91. The predicted octanol–water partition coefficient (Wildman–Crippen LogP) is 3.41. The van der Waals surface area contributed by atoms with Crippen molar-refractivity contribution in [3.8, 4) is 11.6 Å². The number of aromatic nitrogens is 2. The second-order valence-corrected chi connectivity index (χ2v) is 5.99. The molecule has 6 heteroatoms. The summed E-state index contributed by atoms with van der Waals surface area (Å²) < 4.78 is 7.96. The van der Waals surface area contributed by atoms with Crippen molar-refractivity contribution in [2.45, 2.75) is 11.3 Å². The highest BCUT2D eigenvalue weighted by Crippen LogP contribution is 2.29. The third-order valence-corrected chi connectivity index (χ3v) is 4.48. The van der Waals surface area contributed by atoms with Crippen LogP contribution in [0.25, 0.3) is 4.96 Å². The fourth-order valence-electron chi connectivity index (χ4n) is 2.01. The standard InChI is InChI=1S/C14H15N3OS2/c1-19-11-4-2-10(3-5-11)18-13-12(6-7-15)17-8-9-20-14(17)16-13/h2-5,8-9H,6-7,15H2,1H3. The Bertz CT molecular complexity index is 703. The van der Waals surface area contributed by atoms with E-state index in [4.69, 9.17) is 10.5 Å². The number of thiazole rings is 1. The van der Waals surface area contributed by atoms with Gasteiger partial charge in [0.1, 0.15) is 5.75 Å². The SMILES string of the molecule is CSc1ccc(Oc2nc3sccn3c2CCN)cc1. The molecule has 3 rings (SSSR count). The third-order valence-electron chi connectivity index (χ3n) is 2.98. The van der Waals surface area contributed by atoms with Crippen LogP contribution in [0.4, 0.5) is 0 Å². The van der Waals surface area contributed by atoms with E-state index in [1.165, 1.54) is 4.90 Å². The summed E-state index contributed by atoms with van der Waals surface area (Å²) in [6.45, 7) is 0.575. The van der Waals surface area contributed by atoms with Gasteiger partial charge in [0.15, 0.2) is 4.96 Å². The van der Waals surface area contributed by atoms with Crippen LogP contribution in [-0.4, -0.2) is 22.2 Å². The number of nitrogens with zero attached hydrogens (tertiary/aromatic N) is 2. The average molecular weight is 305 g/mol. The first-order valence-electron chi connectivity index (χ1n) is 6.28. The van der Waals surface area contributed by atoms with Crippen molar-refractivity contribution in [2.24, 2.45) is 5.73 Å². The highest BCUT2D eigenvalue weighted by molar-refractivity contribution is 7.98. The second kappa shape index (κ2) is 5.87. The van der Waals surface area contributed by atoms with Crippen molar-refractivity contribution < 1.29 is 4.74 Å². The zero-order valence-electron chi connectivity index (χ0n) is 11.1. The highest BCUT2D eigenvalue weighted by Gasteiger charge is 2.14. The number of rotatable bonds is 5. The fourth-order valence-corrected chi connectivity index (χ4v) is 3.15. The number of hydrogen-bond acceptors (Lipinski definition) is 5. The summed E-state index contributed by atoms with van der Waals surface area (Å²) in [5.41, 5.74) is 6.71. The minimum atomic E-state index is 0.575. The smallest absolute Gasteiger partial charge is 0.242 e. The number of fused-ring (bicyclic) bond motifs is 1. The largest absolute Gasteiger partial charge is 0.437 e. The molecule has 0 bridgehead atoms. The highest BCUT2D eigenvalue weighted by atomic mass is 32.2. The molecule has 2 heterocycles. The summed E-state index contributed by atoms with van der Waals surface area (Å²) in [7, 11) is 0. The molecule has 0 spiro atoms. The number of thioether (sulfide) groups is 1. The first-order chi connectivity index (χ1) is 9.81. The predicted molar refractivity (Wildman–Crippen MR) is 84.1 cm³/mol. The van der Waals surface area contributed by atoms with E-state index in [-0.39, 0.29) is 0 Å². The van der Waals surface area contributed by atoms with E-state index in [0.717, 1.165) is 22.8 Å². The molecule has 2 aromatic heterocycles. The average Bonchev–Trinajstić information content (AvgIpc) is 3.03. The van der Waals surface area contributed by atoms with Crippen LogP contribution in [0, 0.1) is 0 Å². The van der Waals surface area contributed by atoms with Crippen LogP contribution < -0.4 is 10.5 Å². The van der Waals surface area contributed by atoms with Crippen LogP contribution in [0.3, 0.4) is 0 Å². The molecular weight excluding hydrogens is 290 g/mol. The Morgan fingerprint density at radius 1 is 1.35 bits per heavy atom. The van der Waals surface area contributed by atoms with E-state index in [9.17, 15) is 0 Å². The van der Waals surface area contributed by atoms with Crippen molar-refractivity contribution in [2.75, 3.05) is 12.8 Å². The van der Waals surface area contributed by atoms with Gasteiger partial charge in [-0.1, -0.05) is 0 Å². The summed E-state index contributed by atoms with van der Waals surface area (Å²) in [6.07, 6.45) is 4.80. The number of ether oxygens (including phenoxy) is 1. The number of nitrogens with two attached hydrogens (primary N) is 1. The van der Waals surface area contributed by atoms with E-state index in [0.29, 0.717) is 12.4 Å². The molecule has 104 valence electrons. The Kier molecular flexibility index (Phi) is 3.95. The molecule has 3 aromatic rings. The molecule has 0 aliphatic heterocycles. The molecule has 0 saturated carbocycles. The zero-order chi connectivity index (χ0) is 13.9. The molecule has 4 nitrogen and oxygen atoms in total. The van der Waals surface area contributed by atoms with Crippen molar-refractivity contribution in [1.82, 2.24) is 9.38 Å². The van der Waals surface area contributed by atoms with Crippen molar-refractivity contribution >= 4 is 28.1 Å². The summed E-state index contributed by atoms with van der Waals surface area (Å²) in [5, 5.41) is 2.01. The first kappa shape index (κ1) is 13.5. The molecule has 0 aliphatic carbocycles. The Labute approximate surface area is 125 Å². The van der Waals surface area contributed by atoms with Crippen molar-refractivity contribution in [1.29, 1.82) is 0 Å². The van der Waals surface area contributed by atoms with Gasteiger partial charge in [-0.25, -0.2) is 0 Å². The van der Waals surface area contributed by atoms with Gasteiger partial charge in [-0.3, -0.25) is 4.40 Å². The topological polar surface area (TPSA) is 52.5 Å². The lowest BCUT2D eigenvalue weighted by molar-refractivity contribution is 0.459. The van der Waals surface area contributed by atoms with E-state index in [1.807, 2.05) is 40.2 Å². The molecule has 0 fully saturated rings. The van der Waals surface area contributed by atoms with Crippen molar-refractivity contribution in [3.63, 3.8) is 0 Å². The van der Waals surface area contributed by atoms with E-state index >= 15 is 0 Å². The minimum absolute atomic E-state index is 0.575. The van der Waals surface area contributed by atoms with Gasteiger partial charge in [-0.2, -0.15) is 4.98 Å². The summed E-state index contributed by atoms with van der Waals surface area (Å²) in [6, 6.07) is 8.01. The Morgan fingerprint density at radius 2 is 2.15 bits per heavy atom.